The van der Waals surface area contributed by atoms with E-state index in [0.717, 1.165) is 13.1 Å². The number of rotatable bonds is 7. The molecule has 1 heteroatoms. The zero-order chi connectivity index (χ0) is 13.6. The van der Waals surface area contributed by atoms with Crippen LogP contribution < -0.4 is 5.32 Å². The van der Waals surface area contributed by atoms with E-state index >= 15 is 0 Å². The number of nitrogens with one attached hydrogen (secondary N) is 1. The molecule has 0 bridgehead atoms. The SMILES string of the molecule is CCNCCC(C)(C)c1ccc(C(C)CC)cc1. The molecule has 1 unspecified atom stereocenters. The van der Waals surface area contributed by atoms with Crippen molar-refractivity contribution in [2.75, 3.05) is 13.1 Å². The van der Waals surface area contributed by atoms with Gasteiger partial charge in [-0.05, 0) is 48.4 Å². The van der Waals surface area contributed by atoms with Crippen LogP contribution in [0, 0.1) is 0 Å². The van der Waals surface area contributed by atoms with Gasteiger partial charge in [-0.1, -0.05) is 58.9 Å². The van der Waals surface area contributed by atoms with E-state index in [-0.39, 0.29) is 5.41 Å². The molecule has 0 saturated heterocycles. The molecular formula is C17H29N. The van der Waals surface area contributed by atoms with Crippen LogP contribution in [-0.2, 0) is 5.41 Å². The summed E-state index contributed by atoms with van der Waals surface area (Å²) in [4.78, 5) is 0. The van der Waals surface area contributed by atoms with Crippen molar-refractivity contribution in [3.8, 4) is 0 Å². The number of hydrogen-bond donors (Lipinski definition) is 1. The van der Waals surface area contributed by atoms with Gasteiger partial charge in [0.1, 0.15) is 0 Å². The van der Waals surface area contributed by atoms with Gasteiger partial charge >= 0.3 is 0 Å². The highest BCUT2D eigenvalue weighted by Crippen LogP contribution is 2.28. The fourth-order valence-corrected chi connectivity index (χ4v) is 2.22. The van der Waals surface area contributed by atoms with E-state index in [0.29, 0.717) is 5.92 Å². The van der Waals surface area contributed by atoms with Crippen LogP contribution in [-0.4, -0.2) is 13.1 Å². The molecule has 1 atom stereocenters. The summed E-state index contributed by atoms with van der Waals surface area (Å²) in [7, 11) is 0. The van der Waals surface area contributed by atoms with Crippen LogP contribution in [0.15, 0.2) is 24.3 Å². The molecule has 0 aliphatic carbocycles. The minimum atomic E-state index is 0.260. The highest BCUT2D eigenvalue weighted by Gasteiger charge is 2.19. The molecule has 0 amide bonds. The van der Waals surface area contributed by atoms with Gasteiger partial charge in [-0.2, -0.15) is 0 Å². The minimum Gasteiger partial charge on any atom is -0.317 e. The molecule has 0 spiro atoms. The summed E-state index contributed by atoms with van der Waals surface area (Å²) in [5.41, 5.74) is 3.17. The Labute approximate surface area is 113 Å². The lowest BCUT2D eigenvalue weighted by Gasteiger charge is -2.26. The lowest BCUT2D eigenvalue weighted by Crippen LogP contribution is -2.25. The summed E-state index contributed by atoms with van der Waals surface area (Å²) >= 11 is 0. The minimum absolute atomic E-state index is 0.260. The Morgan fingerprint density at radius 2 is 1.72 bits per heavy atom. The first kappa shape index (κ1) is 15.2. The van der Waals surface area contributed by atoms with Gasteiger partial charge in [-0.3, -0.25) is 0 Å². The summed E-state index contributed by atoms with van der Waals surface area (Å²) in [6.07, 6.45) is 2.40. The predicted molar refractivity (Wildman–Crippen MR) is 81.3 cm³/mol. The Morgan fingerprint density at radius 1 is 1.11 bits per heavy atom. The van der Waals surface area contributed by atoms with E-state index in [2.05, 4.69) is 64.2 Å². The molecule has 1 nitrogen and oxygen atoms in total. The molecule has 0 radical (unpaired) electrons. The molecule has 1 rings (SSSR count). The molecule has 1 N–H and O–H groups in total. The van der Waals surface area contributed by atoms with Gasteiger partial charge in [0.2, 0.25) is 0 Å². The number of hydrogen-bond acceptors (Lipinski definition) is 1. The van der Waals surface area contributed by atoms with E-state index in [9.17, 15) is 0 Å². The normalized spacial score (nSPS) is 13.6. The van der Waals surface area contributed by atoms with Crippen molar-refractivity contribution in [1.82, 2.24) is 5.32 Å². The Kier molecular flexibility index (Phi) is 5.87. The van der Waals surface area contributed by atoms with Gasteiger partial charge in [-0.15, -0.1) is 0 Å². The standard InChI is InChI=1S/C17H29N/c1-6-14(3)15-8-10-16(11-9-15)17(4,5)12-13-18-7-2/h8-11,14,18H,6-7,12-13H2,1-5H3. The molecule has 102 valence electrons. The van der Waals surface area contributed by atoms with Gasteiger partial charge in [0, 0.05) is 0 Å². The largest absolute Gasteiger partial charge is 0.317 e. The summed E-state index contributed by atoms with van der Waals surface area (Å²) in [5.74, 6) is 0.670. The second-order valence-electron chi connectivity index (χ2n) is 5.92. The van der Waals surface area contributed by atoms with Crippen LogP contribution in [0.4, 0.5) is 0 Å². The molecule has 0 aromatic heterocycles. The lowest BCUT2D eigenvalue weighted by atomic mass is 9.80. The second-order valence-corrected chi connectivity index (χ2v) is 5.92. The topological polar surface area (TPSA) is 12.0 Å². The summed E-state index contributed by atoms with van der Waals surface area (Å²) < 4.78 is 0. The fourth-order valence-electron chi connectivity index (χ4n) is 2.22. The Bertz CT molecular complexity index is 337. The van der Waals surface area contributed by atoms with Crippen LogP contribution in [0.2, 0.25) is 0 Å². The van der Waals surface area contributed by atoms with Crippen molar-refractivity contribution >= 4 is 0 Å². The second kappa shape index (κ2) is 6.94. The van der Waals surface area contributed by atoms with Crippen molar-refractivity contribution in [2.45, 2.75) is 58.8 Å². The van der Waals surface area contributed by atoms with Crippen molar-refractivity contribution in [3.63, 3.8) is 0 Å². The third-order valence-electron chi connectivity index (χ3n) is 4.05. The first-order valence-electron chi connectivity index (χ1n) is 7.32. The van der Waals surface area contributed by atoms with Crippen molar-refractivity contribution < 1.29 is 0 Å². The molecule has 0 fully saturated rings. The average molecular weight is 247 g/mol. The quantitative estimate of drug-likeness (QED) is 0.701. The highest BCUT2D eigenvalue weighted by molar-refractivity contribution is 5.29. The van der Waals surface area contributed by atoms with Crippen molar-refractivity contribution in [3.05, 3.63) is 35.4 Å². The van der Waals surface area contributed by atoms with Crippen molar-refractivity contribution in [2.24, 2.45) is 0 Å². The average Bonchev–Trinajstić information content (AvgIpc) is 2.38. The molecule has 0 aliphatic heterocycles. The van der Waals surface area contributed by atoms with Crippen LogP contribution in [0.1, 0.15) is 64.5 Å². The maximum Gasteiger partial charge on any atom is -0.00407 e. The zero-order valence-electron chi connectivity index (χ0n) is 12.7. The monoisotopic (exact) mass is 247 g/mol. The van der Waals surface area contributed by atoms with E-state index in [1.807, 2.05) is 0 Å². The predicted octanol–water partition coefficient (Wildman–Crippen LogP) is 4.48. The Hall–Kier alpha value is -0.820. The molecule has 0 aliphatic rings. The molecule has 1 aromatic carbocycles. The van der Waals surface area contributed by atoms with E-state index in [1.54, 1.807) is 0 Å². The Balaban J connectivity index is 2.71. The summed E-state index contributed by atoms with van der Waals surface area (Å²) in [5, 5.41) is 3.41. The van der Waals surface area contributed by atoms with Gasteiger partial charge in [0.15, 0.2) is 0 Å². The number of benzene rings is 1. The maximum absolute atomic E-state index is 3.41. The summed E-state index contributed by atoms with van der Waals surface area (Å²) in [6, 6.07) is 9.23. The third-order valence-corrected chi connectivity index (χ3v) is 4.05. The third kappa shape index (κ3) is 4.13. The smallest absolute Gasteiger partial charge is 0.00407 e. The van der Waals surface area contributed by atoms with Crippen LogP contribution in [0.25, 0.3) is 0 Å². The summed E-state index contributed by atoms with van der Waals surface area (Å²) in [6.45, 7) is 13.5. The first-order valence-corrected chi connectivity index (χ1v) is 7.32. The van der Waals surface area contributed by atoms with Crippen molar-refractivity contribution in [1.29, 1.82) is 0 Å². The van der Waals surface area contributed by atoms with Crippen LogP contribution in [0.3, 0.4) is 0 Å². The van der Waals surface area contributed by atoms with Gasteiger partial charge in [-0.25, -0.2) is 0 Å². The molecular weight excluding hydrogens is 218 g/mol. The zero-order valence-corrected chi connectivity index (χ0v) is 12.7. The maximum atomic E-state index is 3.41. The molecule has 18 heavy (non-hydrogen) atoms. The van der Waals surface area contributed by atoms with Crippen LogP contribution in [0.5, 0.6) is 0 Å². The Morgan fingerprint density at radius 3 is 2.22 bits per heavy atom. The van der Waals surface area contributed by atoms with Crippen LogP contribution >= 0.6 is 0 Å². The fraction of sp³-hybridized carbons (Fsp3) is 0.647. The highest BCUT2D eigenvalue weighted by atomic mass is 14.8. The van der Waals surface area contributed by atoms with E-state index in [1.165, 1.54) is 24.0 Å². The lowest BCUT2D eigenvalue weighted by molar-refractivity contribution is 0.461. The van der Waals surface area contributed by atoms with E-state index < -0.39 is 0 Å². The first-order chi connectivity index (χ1) is 8.51. The van der Waals surface area contributed by atoms with Gasteiger partial charge < -0.3 is 5.32 Å². The molecule has 1 aromatic rings. The molecule has 0 heterocycles. The van der Waals surface area contributed by atoms with E-state index in [4.69, 9.17) is 0 Å². The molecule has 0 saturated carbocycles. The van der Waals surface area contributed by atoms with Gasteiger partial charge in [0.25, 0.3) is 0 Å². The van der Waals surface area contributed by atoms with Gasteiger partial charge in [0.05, 0.1) is 0 Å².